The standard InChI is InChI=1S/C15H24O/c1-11(2)6-8-13-9-7-12(3)14(10-16)15(13,4)5/h6,10,13-14H,3,7-9H2,1-2,4-5H3/t13-,14-/m0/s1. The van der Waals surface area contributed by atoms with E-state index < -0.39 is 0 Å². The van der Waals surface area contributed by atoms with Crippen LogP contribution in [0.3, 0.4) is 0 Å². The van der Waals surface area contributed by atoms with E-state index in [0.29, 0.717) is 5.92 Å². The van der Waals surface area contributed by atoms with Crippen LogP contribution in [-0.4, -0.2) is 6.29 Å². The summed E-state index contributed by atoms with van der Waals surface area (Å²) < 4.78 is 0. The Morgan fingerprint density at radius 2 is 2.12 bits per heavy atom. The highest BCUT2D eigenvalue weighted by Crippen LogP contribution is 2.47. The fraction of sp³-hybridized carbons (Fsp3) is 0.667. The van der Waals surface area contributed by atoms with E-state index in [9.17, 15) is 4.79 Å². The minimum Gasteiger partial charge on any atom is -0.303 e. The molecule has 0 unspecified atom stereocenters. The number of hydrogen-bond donors (Lipinski definition) is 0. The summed E-state index contributed by atoms with van der Waals surface area (Å²) >= 11 is 0. The number of carbonyl (C=O) groups excluding carboxylic acids is 1. The summed E-state index contributed by atoms with van der Waals surface area (Å²) in [4.78, 5) is 11.2. The maximum Gasteiger partial charge on any atom is 0.127 e. The Kier molecular flexibility index (Phi) is 4.12. The van der Waals surface area contributed by atoms with Gasteiger partial charge in [-0.15, -0.1) is 0 Å². The molecule has 1 heteroatoms. The normalized spacial score (nSPS) is 28.6. The summed E-state index contributed by atoms with van der Waals surface area (Å²) in [6.07, 6.45) is 6.65. The average Bonchev–Trinajstić information content (AvgIpc) is 2.15. The van der Waals surface area contributed by atoms with Gasteiger partial charge in [-0.05, 0) is 44.4 Å². The van der Waals surface area contributed by atoms with E-state index in [4.69, 9.17) is 0 Å². The van der Waals surface area contributed by atoms with Crippen LogP contribution in [0.4, 0.5) is 0 Å². The average molecular weight is 220 g/mol. The maximum absolute atomic E-state index is 11.2. The summed E-state index contributed by atoms with van der Waals surface area (Å²) in [5.41, 5.74) is 2.54. The highest BCUT2D eigenvalue weighted by molar-refractivity contribution is 5.60. The Balaban J connectivity index is 2.83. The van der Waals surface area contributed by atoms with Crippen LogP contribution in [-0.2, 0) is 4.79 Å². The third-order valence-corrected chi connectivity index (χ3v) is 4.05. The van der Waals surface area contributed by atoms with Crippen molar-refractivity contribution < 1.29 is 4.79 Å². The molecule has 0 N–H and O–H groups in total. The van der Waals surface area contributed by atoms with Crippen molar-refractivity contribution in [1.29, 1.82) is 0 Å². The van der Waals surface area contributed by atoms with Gasteiger partial charge in [-0.1, -0.05) is 37.6 Å². The second-order valence-corrected chi connectivity index (χ2v) is 5.85. The topological polar surface area (TPSA) is 17.1 Å². The first-order valence-corrected chi connectivity index (χ1v) is 6.16. The largest absolute Gasteiger partial charge is 0.303 e. The fourth-order valence-corrected chi connectivity index (χ4v) is 2.74. The van der Waals surface area contributed by atoms with E-state index in [1.165, 1.54) is 12.0 Å². The fourth-order valence-electron chi connectivity index (χ4n) is 2.74. The van der Waals surface area contributed by atoms with Gasteiger partial charge < -0.3 is 4.79 Å². The summed E-state index contributed by atoms with van der Waals surface area (Å²) in [5, 5.41) is 0. The Morgan fingerprint density at radius 3 is 2.62 bits per heavy atom. The lowest BCUT2D eigenvalue weighted by Crippen LogP contribution is -2.38. The molecule has 0 spiro atoms. The lowest BCUT2D eigenvalue weighted by molar-refractivity contribution is -0.114. The molecule has 0 amide bonds. The van der Waals surface area contributed by atoms with E-state index >= 15 is 0 Å². The van der Waals surface area contributed by atoms with E-state index in [0.717, 1.165) is 24.7 Å². The van der Waals surface area contributed by atoms with Gasteiger partial charge in [0.25, 0.3) is 0 Å². The second kappa shape index (κ2) is 4.99. The highest BCUT2D eigenvalue weighted by Gasteiger charge is 2.41. The molecule has 1 rings (SSSR count). The van der Waals surface area contributed by atoms with Gasteiger partial charge in [0.2, 0.25) is 0 Å². The third kappa shape index (κ3) is 2.63. The van der Waals surface area contributed by atoms with Crippen LogP contribution < -0.4 is 0 Å². The van der Waals surface area contributed by atoms with Crippen LogP contribution in [0, 0.1) is 17.3 Å². The first kappa shape index (κ1) is 13.2. The molecule has 16 heavy (non-hydrogen) atoms. The number of aldehydes is 1. The molecular formula is C15H24O. The highest BCUT2D eigenvalue weighted by atomic mass is 16.1. The lowest BCUT2D eigenvalue weighted by atomic mass is 9.60. The summed E-state index contributed by atoms with van der Waals surface area (Å²) in [5.74, 6) is 0.639. The zero-order chi connectivity index (χ0) is 12.3. The van der Waals surface area contributed by atoms with Crippen molar-refractivity contribution in [2.45, 2.75) is 47.0 Å². The van der Waals surface area contributed by atoms with E-state index in [1.807, 2.05) is 0 Å². The minimum atomic E-state index is 0.0387. The molecule has 90 valence electrons. The lowest BCUT2D eigenvalue weighted by Gasteiger charge is -2.44. The molecule has 1 nitrogen and oxygen atoms in total. The smallest absolute Gasteiger partial charge is 0.127 e. The number of hydrogen-bond acceptors (Lipinski definition) is 1. The molecule has 0 saturated heterocycles. The number of rotatable bonds is 3. The Hall–Kier alpha value is -0.850. The van der Waals surface area contributed by atoms with Crippen molar-refractivity contribution in [3.63, 3.8) is 0 Å². The monoisotopic (exact) mass is 220 g/mol. The molecule has 0 aliphatic heterocycles. The van der Waals surface area contributed by atoms with Crippen LogP contribution in [0.5, 0.6) is 0 Å². The molecule has 1 fully saturated rings. The predicted molar refractivity (Wildman–Crippen MR) is 69.2 cm³/mol. The molecule has 0 aromatic rings. The van der Waals surface area contributed by atoms with Crippen molar-refractivity contribution >= 4 is 6.29 Å². The van der Waals surface area contributed by atoms with Crippen molar-refractivity contribution in [1.82, 2.24) is 0 Å². The van der Waals surface area contributed by atoms with Gasteiger partial charge >= 0.3 is 0 Å². The number of carbonyl (C=O) groups is 1. The van der Waals surface area contributed by atoms with Crippen LogP contribution >= 0.6 is 0 Å². The quantitative estimate of drug-likeness (QED) is 0.516. The summed E-state index contributed by atoms with van der Waals surface area (Å²) in [6.45, 7) is 12.7. The van der Waals surface area contributed by atoms with Gasteiger partial charge in [-0.25, -0.2) is 0 Å². The molecule has 0 aromatic heterocycles. The first-order chi connectivity index (χ1) is 7.39. The molecule has 2 atom stereocenters. The number of allylic oxidation sites excluding steroid dienone is 3. The molecule has 0 bridgehead atoms. The summed E-state index contributed by atoms with van der Waals surface area (Å²) in [7, 11) is 0. The molecular weight excluding hydrogens is 196 g/mol. The predicted octanol–water partition coefficient (Wildman–Crippen LogP) is 4.15. The van der Waals surface area contributed by atoms with Crippen molar-refractivity contribution in [2.75, 3.05) is 0 Å². The van der Waals surface area contributed by atoms with Gasteiger partial charge in [0.1, 0.15) is 6.29 Å². The molecule has 1 saturated carbocycles. The van der Waals surface area contributed by atoms with Gasteiger partial charge in [-0.2, -0.15) is 0 Å². The van der Waals surface area contributed by atoms with E-state index in [2.05, 4.69) is 40.3 Å². The van der Waals surface area contributed by atoms with E-state index in [1.54, 1.807) is 0 Å². The third-order valence-electron chi connectivity index (χ3n) is 4.05. The van der Waals surface area contributed by atoms with Crippen LogP contribution in [0.25, 0.3) is 0 Å². The molecule has 0 aromatic carbocycles. The van der Waals surface area contributed by atoms with Crippen molar-refractivity contribution in [2.24, 2.45) is 17.3 Å². The molecule has 0 heterocycles. The zero-order valence-corrected chi connectivity index (χ0v) is 11.0. The molecule has 1 aliphatic rings. The van der Waals surface area contributed by atoms with Crippen molar-refractivity contribution in [3.8, 4) is 0 Å². The molecule has 1 aliphatic carbocycles. The molecule has 0 radical (unpaired) electrons. The Morgan fingerprint density at radius 1 is 1.50 bits per heavy atom. The van der Waals surface area contributed by atoms with Gasteiger partial charge in [0.05, 0.1) is 0 Å². The van der Waals surface area contributed by atoms with Crippen LogP contribution in [0.2, 0.25) is 0 Å². The van der Waals surface area contributed by atoms with Gasteiger partial charge in [-0.3, -0.25) is 0 Å². The van der Waals surface area contributed by atoms with Crippen LogP contribution in [0.1, 0.15) is 47.0 Å². The first-order valence-electron chi connectivity index (χ1n) is 6.16. The second-order valence-electron chi connectivity index (χ2n) is 5.85. The van der Waals surface area contributed by atoms with Gasteiger partial charge in [0, 0.05) is 5.92 Å². The zero-order valence-electron chi connectivity index (χ0n) is 11.0. The Labute approximate surface area is 99.6 Å². The SMILES string of the molecule is C=C1CC[C@H](CC=C(C)C)C(C)(C)[C@H]1C=O. The van der Waals surface area contributed by atoms with E-state index in [-0.39, 0.29) is 11.3 Å². The van der Waals surface area contributed by atoms with Crippen LogP contribution in [0.15, 0.2) is 23.8 Å². The summed E-state index contributed by atoms with van der Waals surface area (Å²) in [6, 6.07) is 0. The van der Waals surface area contributed by atoms with Crippen molar-refractivity contribution in [3.05, 3.63) is 23.8 Å². The van der Waals surface area contributed by atoms with Gasteiger partial charge in [0.15, 0.2) is 0 Å². The minimum absolute atomic E-state index is 0.0387. The maximum atomic E-state index is 11.2. The Bertz CT molecular complexity index is 305.